The number of hydrogen-bond acceptors (Lipinski definition) is 3. The van der Waals surface area contributed by atoms with Gasteiger partial charge >= 0.3 is 0 Å². The monoisotopic (exact) mass is 211 g/mol. The number of carbonyl (C=O) groups excluding carboxylic acids is 1. The second kappa shape index (κ2) is 4.11. The normalized spacial score (nSPS) is 21.9. The third-order valence-electron chi connectivity index (χ3n) is 2.44. The first kappa shape index (κ1) is 9.68. The smallest absolute Gasteiger partial charge is 0.225 e. The summed E-state index contributed by atoms with van der Waals surface area (Å²) in [4.78, 5) is 13.1. The molecule has 1 aromatic heterocycles. The van der Waals surface area contributed by atoms with Gasteiger partial charge in [-0.05, 0) is 28.8 Å². The Kier molecular flexibility index (Phi) is 2.84. The van der Waals surface area contributed by atoms with Crippen LogP contribution in [0, 0.1) is 0 Å². The number of β-amino-alcohol motifs (C(OH)–C–C–N with tert-alkyl or cyclic N) is 1. The molecular formula is C10H13NO2S. The first-order chi connectivity index (χ1) is 6.75. The topological polar surface area (TPSA) is 40.5 Å². The standard InChI is InChI=1S/C10H13NO2S/c12-9-5-10(13)11(6-9)3-1-8-2-4-14-7-8/h2,4,7,9,12H,1,3,5-6H2. The largest absolute Gasteiger partial charge is 0.391 e. The molecule has 1 amide bonds. The fourth-order valence-corrected chi connectivity index (χ4v) is 2.37. The number of hydrogen-bond donors (Lipinski definition) is 1. The summed E-state index contributed by atoms with van der Waals surface area (Å²) in [5.41, 5.74) is 1.27. The number of likely N-dealkylation sites (tertiary alicyclic amines) is 1. The van der Waals surface area contributed by atoms with E-state index in [2.05, 4.69) is 11.4 Å². The van der Waals surface area contributed by atoms with Crippen LogP contribution in [0.3, 0.4) is 0 Å². The molecule has 4 heteroatoms. The third-order valence-corrected chi connectivity index (χ3v) is 3.18. The summed E-state index contributed by atoms with van der Waals surface area (Å²) in [7, 11) is 0. The summed E-state index contributed by atoms with van der Waals surface area (Å²) in [6, 6.07) is 2.07. The Labute approximate surface area is 87.0 Å². The van der Waals surface area contributed by atoms with Crippen LogP contribution in [-0.4, -0.2) is 35.1 Å². The summed E-state index contributed by atoms with van der Waals surface area (Å²) >= 11 is 1.67. The van der Waals surface area contributed by atoms with E-state index in [1.165, 1.54) is 5.56 Å². The molecule has 1 saturated heterocycles. The lowest BCUT2D eigenvalue weighted by atomic mass is 10.2. The van der Waals surface area contributed by atoms with E-state index in [4.69, 9.17) is 0 Å². The zero-order valence-electron chi connectivity index (χ0n) is 7.85. The van der Waals surface area contributed by atoms with Gasteiger partial charge in [0.1, 0.15) is 0 Å². The average Bonchev–Trinajstić information content (AvgIpc) is 2.72. The van der Waals surface area contributed by atoms with Crippen molar-refractivity contribution in [2.75, 3.05) is 13.1 Å². The lowest BCUT2D eigenvalue weighted by molar-refractivity contribution is -0.127. The molecule has 2 heterocycles. The number of rotatable bonds is 3. The quantitative estimate of drug-likeness (QED) is 0.806. The van der Waals surface area contributed by atoms with Crippen molar-refractivity contribution in [1.82, 2.24) is 4.90 Å². The molecule has 1 N–H and O–H groups in total. The van der Waals surface area contributed by atoms with E-state index in [1.807, 2.05) is 5.38 Å². The van der Waals surface area contributed by atoms with Crippen LogP contribution in [0.15, 0.2) is 16.8 Å². The summed E-state index contributed by atoms with van der Waals surface area (Å²) < 4.78 is 0. The van der Waals surface area contributed by atoms with E-state index >= 15 is 0 Å². The van der Waals surface area contributed by atoms with Crippen LogP contribution in [0.5, 0.6) is 0 Å². The summed E-state index contributed by atoms with van der Waals surface area (Å²) in [6.45, 7) is 1.23. The van der Waals surface area contributed by atoms with Crippen LogP contribution in [0.1, 0.15) is 12.0 Å². The maximum absolute atomic E-state index is 11.3. The van der Waals surface area contributed by atoms with Crippen LogP contribution < -0.4 is 0 Å². The number of aliphatic hydroxyl groups is 1. The van der Waals surface area contributed by atoms with Gasteiger partial charge in [0.05, 0.1) is 12.5 Å². The van der Waals surface area contributed by atoms with Gasteiger partial charge in [-0.25, -0.2) is 0 Å². The van der Waals surface area contributed by atoms with E-state index < -0.39 is 6.10 Å². The number of aliphatic hydroxyl groups excluding tert-OH is 1. The van der Waals surface area contributed by atoms with Crippen molar-refractivity contribution in [2.24, 2.45) is 0 Å². The zero-order valence-corrected chi connectivity index (χ0v) is 8.67. The highest BCUT2D eigenvalue weighted by atomic mass is 32.1. The molecule has 0 spiro atoms. The van der Waals surface area contributed by atoms with Crippen molar-refractivity contribution in [3.8, 4) is 0 Å². The van der Waals surface area contributed by atoms with E-state index in [-0.39, 0.29) is 5.91 Å². The fraction of sp³-hybridized carbons (Fsp3) is 0.500. The number of amides is 1. The molecule has 14 heavy (non-hydrogen) atoms. The molecule has 1 aromatic rings. The lowest BCUT2D eigenvalue weighted by Crippen LogP contribution is -2.28. The van der Waals surface area contributed by atoms with E-state index in [9.17, 15) is 9.90 Å². The molecule has 1 atom stereocenters. The van der Waals surface area contributed by atoms with Gasteiger partial charge < -0.3 is 10.0 Å². The summed E-state index contributed by atoms with van der Waals surface area (Å²) in [5, 5.41) is 13.4. The van der Waals surface area contributed by atoms with Crippen LogP contribution in [0.25, 0.3) is 0 Å². The second-order valence-electron chi connectivity index (χ2n) is 3.58. The molecule has 0 saturated carbocycles. The number of thiophene rings is 1. The van der Waals surface area contributed by atoms with Crippen LogP contribution in [-0.2, 0) is 11.2 Å². The van der Waals surface area contributed by atoms with Crippen molar-refractivity contribution in [1.29, 1.82) is 0 Å². The van der Waals surface area contributed by atoms with E-state index in [1.54, 1.807) is 16.2 Å². The van der Waals surface area contributed by atoms with Crippen molar-refractivity contribution in [3.05, 3.63) is 22.4 Å². The molecule has 1 unspecified atom stereocenters. The van der Waals surface area contributed by atoms with Crippen LogP contribution in [0.2, 0.25) is 0 Å². The first-order valence-electron chi connectivity index (χ1n) is 4.72. The van der Waals surface area contributed by atoms with Gasteiger partial charge in [0.15, 0.2) is 0 Å². The molecule has 0 radical (unpaired) electrons. The Morgan fingerprint density at radius 2 is 2.50 bits per heavy atom. The zero-order chi connectivity index (χ0) is 9.97. The maximum atomic E-state index is 11.3. The minimum atomic E-state index is -0.454. The molecule has 1 fully saturated rings. The molecule has 0 aliphatic carbocycles. The van der Waals surface area contributed by atoms with Gasteiger partial charge in [0.2, 0.25) is 5.91 Å². The molecular weight excluding hydrogens is 198 g/mol. The fourth-order valence-electron chi connectivity index (χ4n) is 1.67. The Morgan fingerprint density at radius 3 is 3.07 bits per heavy atom. The van der Waals surface area contributed by atoms with E-state index in [0.29, 0.717) is 13.0 Å². The van der Waals surface area contributed by atoms with Crippen LogP contribution in [0.4, 0.5) is 0 Å². The Hall–Kier alpha value is -0.870. The van der Waals surface area contributed by atoms with Crippen LogP contribution >= 0.6 is 11.3 Å². The van der Waals surface area contributed by atoms with E-state index in [0.717, 1.165) is 13.0 Å². The van der Waals surface area contributed by atoms with Gasteiger partial charge in [-0.1, -0.05) is 0 Å². The molecule has 0 aromatic carbocycles. The Bertz CT molecular complexity index is 310. The van der Waals surface area contributed by atoms with Gasteiger partial charge in [0, 0.05) is 13.1 Å². The van der Waals surface area contributed by atoms with Crippen molar-refractivity contribution >= 4 is 17.2 Å². The van der Waals surface area contributed by atoms with Crippen molar-refractivity contribution < 1.29 is 9.90 Å². The van der Waals surface area contributed by atoms with Gasteiger partial charge in [-0.15, -0.1) is 0 Å². The number of nitrogens with zero attached hydrogens (tertiary/aromatic N) is 1. The SMILES string of the molecule is O=C1CC(O)CN1CCc1ccsc1. The number of carbonyl (C=O) groups is 1. The third kappa shape index (κ3) is 2.13. The predicted octanol–water partition coefficient (Wildman–Crippen LogP) is 0.884. The van der Waals surface area contributed by atoms with Crippen molar-refractivity contribution in [3.63, 3.8) is 0 Å². The Morgan fingerprint density at radius 1 is 1.64 bits per heavy atom. The Balaban J connectivity index is 1.84. The highest BCUT2D eigenvalue weighted by Crippen LogP contribution is 2.13. The predicted molar refractivity (Wildman–Crippen MR) is 55.2 cm³/mol. The lowest BCUT2D eigenvalue weighted by Gasteiger charge is -2.14. The minimum Gasteiger partial charge on any atom is -0.391 e. The highest BCUT2D eigenvalue weighted by Gasteiger charge is 2.27. The summed E-state index contributed by atoms with van der Waals surface area (Å²) in [5.74, 6) is 0.0766. The van der Waals surface area contributed by atoms with Gasteiger partial charge in [-0.3, -0.25) is 4.79 Å². The van der Waals surface area contributed by atoms with Crippen molar-refractivity contribution in [2.45, 2.75) is 18.9 Å². The van der Waals surface area contributed by atoms with Gasteiger partial charge in [-0.2, -0.15) is 11.3 Å². The average molecular weight is 211 g/mol. The molecule has 2 rings (SSSR count). The molecule has 0 bridgehead atoms. The van der Waals surface area contributed by atoms with Gasteiger partial charge in [0.25, 0.3) is 0 Å². The molecule has 1 aliphatic rings. The second-order valence-corrected chi connectivity index (χ2v) is 4.36. The molecule has 1 aliphatic heterocycles. The minimum absolute atomic E-state index is 0.0766. The first-order valence-corrected chi connectivity index (χ1v) is 5.67. The molecule has 3 nitrogen and oxygen atoms in total. The highest BCUT2D eigenvalue weighted by molar-refractivity contribution is 7.07. The maximum Gasteiger partial charge on any atom is 0.225 e. The molecule has 76 valence electrons. The summed E-state index contributed by atoms with van der Waals surface area (Å²) in [6.07, 6.45) is 0.732.